The summed E-state index contributed by atoms with van der Waals surface area (Å²) in [6.45, 7) is 4.62. The molecule has 0 bridgehead atoms. The van der Waals surface area contributed by atoms with Crippen LogP contribution in [0.4, 0.5) is 5.69 Å². The quantitative estimate of drug-likeness (QED) is 0.653. The minimum atomic E-state index is -0.0508. The highest BCUT2D eigenvalue weighted by atomic mass is 32.2. The molecule has 146 valence electrons. The van der Waals surface area contributed by atoms with Crippen molar-refractivity contribution in [1.29, 1.82) is 0 Å². The van der Waals surface area contributed by atoms with Gasteiger partial charge < -0.3 is 9.47 Å². The predicted octanol–water partition coefficient (Wildman–Crippen LogP) is 4.89. The second-order valence-corrected chi connectivity index (χ2v) is 7.15. The summed E-state index contributed by atoms with van der Waals surface area (Å²) < 4.78 is 10.7. The van der Waals surface area contributed by atoms with E-state index in [-0.39, 0.29) is 5.91 Å². The van der Waals surface area contributed by atoms with E-state index >= 15 is 0 Å². The standard InChI is InChI=1S/C22H24N2O3S/c1-5-15-9-7-8-10-18(15)23-22-24(6-2)21(25)20(28-22)14-16-13-17(26-3)11-12-19(16)27-4/h7-14H,5-6H2,1-4H3. The summed E-state index contributed by atoms with van der Waals surface area (Å²) in [5.74, 6) is 1.35. The maximum absolute atomic E-state index is 12.9. The summed E-state index contributed by atoms with van der Waals surface area (Å²) in [6, 6.07) is 13.5. The molecule has 1 aliphatic rings. The molecular weight excluding hydrogens is 372 g/mol. The Morgan fingerprint density at radius 1 is 1.11 bits per heavy atom. The van der Waals surface area contributed by atoms with Gasteiger partial charge in [0.1, 0.15) is 11.5 Å². The first-order valence-electron chi connectivity index (χ1n) is 9.21. The number of methoxy groups -OCH3 is 2. The van der Waals surface area contributed by atoms with Crippen molar-refractivity contribution >= 4 is 34.6 Å². The summed E-state index contributed by atoms with van der Waals surface area (Å²) in [7, 11) is 3.23. The molecule has 0 aliphatic carbocycles. The molecule has 1 fully saturated rings. The summed E-state index contributed by atoms with van der Waals surface area (Å²) >= 11 is 1.38. The summed E-state index contributed by atoms with van der Waals surface area (Å²) in [5, 5.41) is 0.696. The molecule has 5 nitrogen and oxygen atoms in total. The number of ether oxygens (including phenoxy) is 2. The van der Waals surface area contributed by atoms with Crippen LogP contribution in [0.2, 0.25) is 0 Å². The molecule has 1 saturated heterocycles. The first-order valence-corrected chi connectivity index (χ1v) is 10.0. The molecular formula is C22H24N2O3S. The average Bonchev–Trinajstić information content (AvgIpc) is 3.02. The molecule has 0 saturated carbocycles. The van der Waals surface area contributed by atoms with E-state index in [0.717, 1.165) is 23.2 Å². The number of hydrogen-bond acceptors (Lipinski definition) is 5. The number of thioether (sulfide) groups is 1. The number of carbonyl (C=O) groups is 1. The van der Waals surface area contributed by atoms with E-state index < -0.39 is 0 Å². The van der Waals surface area contributed by atoms with E-state index in [1.165, 1.54) is 11.8 Å². The van der Waals surface area contributed by atoms with Gasteiger partial charge in [0.05, 0.1) is 24.8 Å². The van der Waals surface area contributed by atoms with E-state index in [2.05, 4.69) is 13.0 Å². The maximum atomic E-state index is 12.9. The number of aliphatic imine (C=N–C) groups is 1. The average molecular weight is 397 g/mol. The van der Waals surface area contributed by atoms with Gasteiger partial charge in [0, 0.05) is 12.1 Å². The number of aryl methyl sites for hydroxylation is 1. The third-order valence-electron chi connectivity index (χ3n) is 4.52. The van der Waals surface area contributed by atoms with Crippen LogP contribution in [-0.4, -0.2) is 36.7 Å². The molecule has 6 heteroatoms. The Hall–Kier alpha value is -2.73. The smallest absolute Gasteiger partial charge is 0.266 e. The van der Waals surface area contributed by atoms with E-state index in [9.17, 15) is 4.79 Å². The second-order valence-electron chi connectivity index (χ2n) is 6.14. The molecule has 0 aromatic heterocycles. The summed E-state index contributed by atoms with van der Waals surface area (Å²) in [6.07, 6.45) is 2.73. The van der Waals surface area contributed by atoms with Crippen molar-refractivity contribution in [3.05, 3.63) is 58.5 Å². The van der Waals surface area contributed by atoms with Crippen molar-refractivity contribution in [1.82, 2.24) is 4.90 Å². The van der Waals surface area contributed by atoms with Crippen molar-refractivity contribution in [3.63, 3.8) is 0 Å². The van der Waals surface area contributed by atoms with Gasteiger partial charge in [-0.1, -0.05) is 25.1 Å². The Kier molecular flexibility index (Phi) is 6.41. The van der Waals surface area contributed by atoms with Crippen molar-refractivity contribution in [2.45, 2.75) is 20.3 Å². The summed E-state index contributed by atoms with van der Waals surface area (Å²) in [5.41, 5.74) is 2.86. The van der Waals surface area contributed by atoms with Gasteiger partial charge in [-0.25, -0.2) is 4.99 Å². The Morgan fingerprint density at radius 3 is 2.57 bits per heavy atom. The van der Waals surface area contributed by atoms with Crippen molar-refractivity contribution < 1.29 is 14.3 Å². The van der Waals surface area contributed by atoms with Crippen LogP contribution < -0.4 is 9.47 Å². The van der Waals surface area contributed by atoms with Gasteiger partial charge in [-0.2, -0.15) is 0 Å². The van der Waals surface area contributed by atoms with Crippen molar-refractivity contribution in [2.24, 2.45) is 4.99 Å². The number of hydrogen-bond donors (Lipinski definition) is 0. The van der Waals surface area contributed by atoms with Gasteiger partial charge in [0.2, 0.25) is 0 Å². The number of nitrogens with zero attached hydrogens (tertiary/aromatic N) is 2. The predicted molar refractivity (Wildman–Crippen MR) is 115 cm³/mol. The fourth-order valence-corrected chi connectivity index (χ4v) is 4.03. The molecule has 28 heavy (non-hydrogen) atoms. The van der Waals surface area contributed by atoms with Gasteiger partial charge in [-0.05, 0) is 61.0 Å². The van der Waals surface area contributed by atoms with E-state index in [4.69, 9.17) is 14.5 Å². The number of benzene rings is 2. The van der Waals surface area contributed by atoms with Gasteiger partial charge in [-0.3, -0.25) is 9.69 Å². The first kappa shape index (κ1) is 20.0. The third kappa shape index (κ3) is 4.07. The maximum Gasteiger partial charge on any atom is 0.266 e. The van der Waals surface area contributed by atoms with Crippen LogP contribution >= 0.6 is 11.8 Å². The molecule has 0 N–H and O–H groups in total. The van der Waals surface area contributed by atoms with Crippen LogP contribution in [0.1, 0.15) is 25.0 Å². The molecule has 1 heterocycles. The lowest BCUT2D eigenvalue weighted by Crippen LogP contribution is -2.28. The number of amidine groups is 1. The Bertz CT molecular complexity index is 937. The van der Waals surface area contributed by atoms with Crippen LogP contribution in [0.15, 0.2) is 52.4 Å². The lowest BCUT2D eigenvalue weighted by Gasteiger charge is -2.13. The minimum Gasteiger partial charge on any atom is -0.497 e. The van der Waals surface area contributed by atoms with E-state index in [0.29, 0.717) is 28.1 Å². The van der Waals surface area contributed by atoms with Crippen LogP contribution in [-0.2, 0) is 11.2 Å². The SMILES string of the molecule is CCc1ccccc1N=C1SC(=Cc2cc(OC)ccc2OC)C(=O)N1CC. The van der Waals surface area contributed by atoms with Crippen LogP contribution in [0.3, 0.4) is 0 Å². The zero-order chi connectivity index (χ0) is 20.1. The topological polar surface area (TPSA) is 51.1 Å². The monoisotopic (exact) mass is 396 g/mol. The fraction of sp³-hybridized carbons (Fsp3) is 0.273. The number of likely N-dealkylation sites (N-methyl/N-ethyl adjacent to an activating group) is 1. The second kappa shape index (κ2) is 8.97. The lowest BCUT2D eigenvalue weighted by atomic mass is 10.1. The fourth-order valence-electron chi connectivity index (χ4n) is 2.99. The van der Waals surface area contributed by atoms with Crippen LogP contribution in [0.25, 0.3) is 6.08 Å². The van der Waals surface area contributed by atoms with Gasteiger partial charge in [-0.15, -0.1) is 0 Å². The lowest BCUT2D eigenvalue weighted by molar-refractivity contribution is -0.122. The summed E-state index contributed by atoms with van der Waals surface area (Å²) in [4.78, 5) is 20.0. The largest absolute Gasteiger partial charge is 0.497 e. The first-order chi connectivity index (χ1) is 13.6. The third-order valence-corrected chi connectivity index (χ3v) is 5.52. The van der Waals surface area contributed by atoms with E-state index in [1.807, 2.05) is 49.4 Å². The Morgan fingerprint density at radius 2 is 1.89 bits per heavy atom. The normalized spacial score (nSPS) is 16.9. The zero-order valence-electron chi connectivity index (χ0n) is 16.6. The number of rotatable bonds is 6. The van der Waals surface area contributed by atoms with Gasteiger partial charge in [0.15, 0.2) is 5.17 Å². The molecule has 2 aromatic carbocycles. The number of carbonyl (C=O) groups excluding carboxylic acids is 1. The minimum absolute atomic E-state index is 0.0508. The highest BCUT2D eigenvalue weighted by Gasteiger charge is 2.32. The number of amides is 1. The van der Waals surface area contributed by atoms with Gasteiger partial charge >= 0.3 is 0 Å². The number of para-hydroxylation sites is 1. The van der Waals surface area contributed by atoms with Crippen molar-refractivity contribution in [3.8, 4) is 11.5 Å². The molecule has 0 radical (unpaired) electrons. The Balaban J connectivity index is 2.00. The molecule has 1 aliphatic heterocycles. The molecule has 1 amide bonds. The molecule has 2 aromatic rings. The molecule has 3 rings (SSSR count). The van der Waals surface area contributed by atoms with Gasteiger partial charge in [0.25, 0.3) is 5.91 Å². The highest BCUT2D eigenvalue weighted by Crippen LogP contribution is 2.36. The molecule has 0 unspecified atom stereocenters. The molecule has 0 atom stereocenters. The Labute approximate surface area is 170 Å². The molecule has 0 spiro atoms. The van der Waals surface area contributed by atoms with Crippen LogP contribution in [0, 0.1) is 0 Å². The van der Waals surface area contributed by atoms with Crippen LogP contribution in [0.5, 0.6) is 11.5 Å². The van der Waals surface area contributed by atoms with Crippen molar-refractivity contribution in [2.75, 3.05) is 20.8 Å². The van der Waals surface area contributed by atoms with E-state index in [1.54, 1.807) is 19.1 Å². The zero-order valence-corrected chi connectivity index (χ0v) is 17.4. The highest BCUT2D eigenvalue weighted by molar-refractivity contribution is 8.18.